The van der Waals surface area contributed by atoms with Crippen LogP contribution in [0, 0.1) is 5.92 Å². The Morgan fingerprint density at radius 2 is 2.44 bits per heavy atom. The molecule has 3 atom stereocenters. The van der Waals surface area contributed by atoms with E-state index in [0.29, 0.717) is 0 Å². The molecule has 0 aromatic carbocycles. The van der Waals surface area contributed by atoms with Crippen LogP contribution in [0.5, 0.6) is 0 Å². The van der Waals surface area contributed by atoms with Crippen molar-refractivity contribution in [1.82, 2.24) is 4.90 Å². The van der Waals surface area contributed by atoms with Crippen LogP contribution in [0.3, 0.4) is 0 Å². The highest BCUT2D eigenvalue weighted by molar-refractivity contribution is 7.07. The van der Waals surface area contributed by atoms with Crippen LogP contribution in [-0.2, 0) is 4.79 Å². The lowest BCUT2D eigenvalue weighted by Gasteiger charge is -2.29. The standard InChI is InChI=1S/C14H22N2OS/c1-3-10(2)13(15)14(17)16-7-4-5-12(16)11-6-8-18-9-11/h6,8-10,12-13H,3-5,7,15H2,1-2H3/t10-,12?,13-/m0/s1. The third-order valence-corrected chi connectivity index (χ3v) is 4.71. The summed E-state index contributed by atoms with van der Waals surface area (Å²) in [6.07, 6.45) is 3.10. The third-order valence-electron chi connectivity index (χ3n) is 4.01. The van der Waals surface area contributed by atoms with E-state index in [-0.39, 0.29) is 23.9 Å². The minimum absolute atomic E-state index is 0.123. The lowest BCUT2D eigenvalue weighted by Crippen LogP contribution is -2.46. The SMILES string of the molecule is CC[C@H](C)[C@H](N)C(=O)N1CCCC1c1ccsc1. The second kappa shape index (κ2) is 5.85. The van der Waals surface area contributed by atoms with E-state index in [9.17, 15) is 4.79 Å². The predicted molar refractivity (Wildman–Crippen MR) is 75.4 cm³/mol. The molecule has 1 aliphatic heterocycles. The summed E-state index contributed by atoms with van der Waals surface area (Å²) >= 11 is 1.69. The van der Waals surface area contributed by atoms with Gasteiger partial charge in [0.05, 0.1) is 12.1 Å². The Balaban J connectivity index is 2.10. The predicted octanol–water partition coefficient (Wildman–Crippen LogP) is 2.79. The summed E-state index contributed by atoms with van der Waals surface area (Å²) < 4.78 is 0. The van der Waals surface area contributed by atoms with Crippen molar-refractivity contribution in [3.8, 4) is 0 Å². The van der Waals surface area contributed by atoms with E-state index >= 15 is 0 Å². The topological polar surface area (TPSA) is 46.3 Å². The molecule has 4 heteroatoms. The first-order chi connectivity index (χ1) is 8.65. The molecule has 2 N–H and O–H groups in total. The van der Waals surface area contributed by atoms with Crippen molar-refractivity contribution >= 4 is 17.2 Å². The van der Waals surface area contributed by atoms with Crippen LogP contribution in [0.4, 0.5) is 0 Å². The van der Waals surface area contributed by atoms with E-state index in [0.717, 1.165) is 25.8 Å². The highest BCUT2D eigenvalue weighted by Gasteiger charge is 2.34. The minimum Gasteiger partial charge on any atom is -0.334 e. The van der Waals surface area contributed by atoms with Gasteiger partial charge in [0.1, 0.15) is 0 Å². The molecule has 1 unspecified atom stereocenters. The van der Waals surface area contributed by atoms with Gasteiger partial charge in [-0.25, -0.2) is 0 Å². The van der Waals surface area contributed by atoms with Gasteiger partial charge in [0.15, 0.2) is 0 Å². The number of thiophene rings is 1. The first-order valence-electron chi connectivity index (χ1n) is 6.73. The van der Waals surface area contributed by atoms with Crippen LogP contribution >= 0.6 is 11.3 Å². The van der Waals surface area contributed by atoms with Crippen LogP contribution in [0.15, 0.2) is 16.8 Å². The monoisotopic (exact) mass is 266 g/mol. The summed E-state index contributed by atoms with van der Waals surface area (Å²) in [7, 11) is 0. The maximum absolute atomic E-state index is 12.5. The summed E-state index contributed by atoms with van der Waals surface area (Å²) in [4.78, 5) is 14.4. The fourth-order valence-corrected chi connectivity index (χ4v) is 3.24. The van der Waals surface area contributed by atoms with Gasteiger partial charge >= 0.3 is 0 Å². The van der Waals surface area contributed by atoms with Gasteiger partial charge < -0.3 is 10.6 Å². The second-order valence-electron chi connectivity index (χ2n) is 5.16. The normalized spacial score (nSPS) is 23.1. The lowest BCUT2D eigenvalue weighted by atomic mass is 9.98. The summed E-state index contributed by atoms with van der Waals surface area (Å²) in [6, 6.07) is 2.02. The zero-order valence-electron chi connectivity index (χ0n) is 11.1. The number of hydrogen-bond acceptors (Lipinski definition) is 3. The van der Waals surface area contributed by atoms with Crippen molar-refractivity contribution in [3.63, 3.8) is 0 Å². The number of carbonyl (C=O) groups excluding carboxylic acids is 1. The maximum Gasteiger partial charge on any atom is 0.240 e. The molecular weight excluding hydrogens is 244 g/mol. The molecule has 100 valence electrons. The molecule has 18 heavy (non-hydrogen) atoms. The van der Waals surface area contributed by atoms with E-state index in [1.807, 2.05) is 4.90 Å². The maximum atomic E-state index is 12.5. The summed E-state index contributed by atoms with van der Waals surface area (Å²) in [5, 5.41) is 4.22. The highest BCUT2D eigenvalue weighted by atomic mass is 32.1. The molecule has 0 bridgehead atoms. The van der Waals surface area contributed by atoms with Gasteiger partial charge in [-0.15, -0.1) is 0 Å². The molecule has 1 fully saturated rings. The van der Waals surface area contributed by atoms with Crippen LogP contribution in [-0.4, -0.2) is 23.4 Å². The summed E-state index contributed by atoms with van der Waals surface area (Å²) in [5.41, 5.74) is 7.34. The quantitative estimate of drug-likeness (QED) is 0.911. The molecule has 0 radical (unpaired) electrons. The number of hydrogen-bond donors (Lipinski definition) is 1. The van der Waals surface area contributed by atoms with Crippen molar-refractivity contribution in [1.29, 1.82) is 0 Å². The molecule has 0 saturated carbocycles. The Hall–Kier alpha value is -0.870. The third kappa shape index (κ3) is 2.59. The van der Waals surface area contributed by atoms with E-state index < -0.39 is 0 Å². The van der Waals surface area contributed by atoms with Crippen LogP contribution < -0.4 is 5.73 Å². The summed E-state index contributed by atoms with van der Waals surface area (Å²) in [6.45, 7) is 4.99. The van der Waals surface area contributed by atoms with Crippen LogP contribution in [0.1, 0.15) is 44.7 Å². The summed E-state index contributed by atoms with van der Waals surface area (Å²) in [5.74, 6) is 0.374. The Kier molecular flexibility index (Phi) is 4.40. The molecule has 0 aliphatic carbocycles. The van der Waals surface area contributed by atoms with Crippen molar-refractivity contribution in [2.75, 3.05) is 6.54 Å². The molecule has 1 saturated heterocycles. The van der Waals surface area contributed by atoms with Crippen molar-refractivity contribution in [2.24, 2.45) is 11.7 Å². The van der Waals surface area contributed by atoms with Gasteiger partial charge in [0.2, 0.25) is 5.91 Å². The van der Waals surface area contributed by atoms with E-state index in [1.165, 1.54) is 5.56 Å². The van der Waals surface area contributed by atoms with Crippen LogP contribution in [0.25, 0.3) is 0 Å². The number of nitrogens with zero attached hydrogens (tertiary/aromatic N) is 1. The van der Waals surface area contributed by atoms with Gasteiger partial charge in [-0.3, -0.25) is 4.79 Å². The van der Waals surface area contributed by atoms with Crippen LogP contribution in [0.2, 0.25) is 0 Å². The van der Waals surface area contributed by atoms with Gasteiger partial charge in [0, 0.05) is 6.54 Å². The zero-order chi connectivity index (χ0) is 13.1. The Bertz CT molecular complexity index is 391. The number of likely N-dealkylation sites (tertiary alicyclic amines) is 1. The van der Waals surface area contributed by atoms with Gasteiger partial charge in [0.25, 0.3) is 0 Å². The van der Waals surface area contributed by atoms with Crippen molar-refractivity contribution in [3.05, 3.63) is 22.4 Å². The van der Waals surface area contributed by atoms with E-state index in [2.05, 4.69) is 30.7 Å². The number of carbonyl (C=O) groups is 1. The lowest BCUT2D eigenvalue weighted by molar-refractivity contribution is -0.134. The molecule has 1 aromatic rings. The fourth-order valence-electron chi connectivity index (χ4n) is 2.53. The fraction of sp³-hybridized carbons (Fsp3) is 0.643. The Morgan fingerprint density at radius 3 is 3.06 bits per heavy atom. The van der Waals surface area contributed by atoms with Crippen molar-refractivity contribution < 1.29 is 4.79 Å². The number of nitrogens with two attached hydrogens (primary N) is 1. The van der Waals surface area contributed by atoms with Gasteiger partial charge in [-0.2, -0.15) is 11.3 Å². The molecule has 1 aromatic heterocycles. The van der Waals surface area contributed by atoms with Crippen molar-refractivity contribution in [2.45, 2.75) is 45.2 Å². The molecule has 3 nitrogen and oxygen atoms in total. The Morgan fingerprint density at radius 1 is 1.67 bits per heavy atom. The molecule has 2 rings (SSSR count). The minimum atomic E-state index is -0.353. The molecule has 1 aliphatic rings. The number of amides is 1. The second-order valence-corrected chi connectivity index (χ2v) is 5.94. The Labute approximate surface area is 113 Å². The van der Waals surface area contributed by atoms with Gasteiger partial charge in [-0.1, -0.05) is 20.3 Å². The first-order valence-corrected chi connectivity index (χ1v) is 7.67. The van der Waals surface area contributed by atoms with Gasteiger partial charge in [-0.05, 0) is 41.1 Å². The highest BCUT2D eigenvalue weighted by Crippen LogP contribution is 2.33. The average molecular weight is 266 g/mol. The zero-order valence-corrected chi connectivity index (χ0v) is 12.0. The molecule has 2 heterocycles. The average Bonchev–Trinajstić information content (AvgIpc) is 3.05. The van der Waals surface area contributed by atoms with E-state index in [1.54, 1.807) is 11.3 Å². The smallest absolute Gasteiger partial charge is 0.240 e. The molecule has 1 amide bonds. The number of rotatable bonds is 4. The largest absolute Gasteiger partial charge is 0.334 e. The molecular formula is C14H22N2OS. The molecule has 0 spiro atoms. The first kappa shape index (κ1) is 13.6. The van der Waals surface area contributed by atoms with E-state index in [4.69, 9.17) is 5.73 Å².